The molecule has 0 spiro atoms. The Kier molecular flexibility index (Phi) is 4.76. The van der Waals surface area contributed by atoms with Gasteiger partial charge in [0.05, 0.1) is 17.7 Å². The zero-order valence-electron chi connectivity index (χ0n) is 17.9. The number of carbonyl (C=O) groups is 1. The topological polar surface area (TPSA) is 71.3 Å². The van der Waals surface area contributed by atoms with Crippen LogP contribution in [0.25, 0.3) is 0 Å². The summed E-state index contributed by atoms with van der Waals surface area (Å²) in [6.07, 6.45) is 4.79. The molecule has 2 aliphatic rings. The average molecular weight is 434 g/mol. The number of carbonyl (C=O) groups excluding carboxylic acids is 1. The van der Waals surface area contributed by atoms with Gasteiger partial charge < -0.3 is 14.7 Å². The molecule has 0 saturated carbocycles. The minimum atomic E-state index is -0.455. The Balaban J connectivity index is 1.52. The van der Waals surface area contributed by atoms with Crippen LogP contribution in [0.3, 0.4) is 0 Å². The van der Waals surface area contributed by atoms with E-state index in [1.54, 1.807) is 0 Å². The Hall–Kier alpha value is -4.19. The van der Waals surface area contributed by atoms with Crippen molar-refractivity contribution in [2.75, 3.05) is 5.32 Å². The van der Waals surface area contributed by atoms with Crippen LogP contribution in [0.15, 0.2) is 96.4 Å². The SMILES string of the molecule is O=CC1NN=C2c3c(cccc31)NC(c1ccccc1)C2c1nccn1Cc1ccccc1. The largest absolute Gasteiger partial charge is 0.377 e. The Morgan fingerprint density at radius 1 is 0.939 bits per heavy atom. The third kappa shape index (κ3) is 3.31. The number of hydrogen-bond donors (Lipinski definition) is 2. The van der Waals surface area contributed by atoms with E-state index in [2.05, 4.69) is 69.9 Å². The predicted octanol–water partition coefficient (Wildman–Crippen LogP) is 4.43. The van der Waals surface area contributed by atoms with Crippen LogP contribution in [0.4, 0.5) is 5.69 Å². The summed E-state index contributed by atoms with van der Waals surface area (Å²) in [6.45, 7) is 0.723. The van der Waals surface area contributed by atoms with Gasteiger partial charge in [0.25, 0.3) is 0 Å². The third-order valence-corrected chi connectivity index (χ3v) is 6.47. The van der Waals surface area contributed by atoms with E-state index in [1.165, 1.54) is 5.56 Å². The maximum absolute atomic E-state index is 11.7. The fourth-order valence-electron chi connectivity index (χ4n) is 4.96. The Labute approximate surface area is 192 Å². The molecule has 3 heterocycles. The van der Waals surface area contributed by atoms with Crippen LogP contribution in [0, 0.1) is 0 Å². The first-order valence-corrected chi connectivity index (χ1v) is 11.1. The number of rotatable bonds is 5. The molecule has 6 heteroatoms. The fourth-order valence-corrected chi connectivity index (χ4v) is 4.96. The highest BCUT2D eigenvalue weighted by atomic mass is 16.1. The molecule has 2 aliphatic heterocycles. The first-order chi connectivity index (χ1) is 16.3. The molecule has 3 unspecified atom stereocenters. The van der Waals surface area contributed by atoms with Crippen molar-refractivity contribution in [1.29, 1.82) is 0 Å². The molecular formula is C27H23N5O. The van der Waals surface area contributed by atoms with Gasteiger partial charge in [0.15, 0.2) is 0 Å². The lowest BCUT2D eigenvalue weighted by Gasteiger charge is -2.39. The molecule has 3 atom stereocenters. The number of nitrogens with zero attached hydrogens (tertiary/aromatic N) is 3. The summed E-state index contributed by atoms with van der Waals surface area (Å²) in [5, 5.41) is 8.51. The van der Waals surface area contributed by atoms with Crippen LogP contribution in [0.5, 0.6) is 0 Å². The lowest BCUT2D eigenvalue weighted by atomic mass is 9.78. The van der Waals surface area contributed by atoms with E-state index in [0.29, 0.717) is 0 Å². The molecule has 4 aromatic rings. The first kappa shape index (κ1) is 19.5. The summed E-state index contributed by atoms with van der Waals surface area (Å²) in [7, 11) is 0. The Morgan fingerprint density at radius 3 is 2.52 bits per heavy atom. The minimum absolute atomic E-state index is 0.0563. The molecule has 0 aliphatic carbocycles. The van der Waals surface area contributed by atoms with Crippen molar-refractivity contribution in [1.82, 2.24) is 15.0 Å². The van der Waals surface area contributed by atoms with Crippen molar-refractivity contribution in [3.8, 4) is 0 Å². The van der Waals surface area contributed by atoms with Gasteiger partial charge in [-0.05, 0) is 22.8 Å². The van der Waals surface area contributed by atoms with Crippen LogP contribution in [-0.4, -0.2) is 21.5 Å². The second-order valence-electron chi connectivity index (χ2n) is 8.42. The summed E-state index contributed by atoms with van der Waals surface area (Å²) in [6, 6.07) is 26.3. The Morgan fingerprint density at radius 2 is 1.73 bits per heavy atom. The number of benzene rings is 3. The normalized spacial score (nSPS) is 20.7. The van der Waals surface area contributed by atoms with Crippen LogP contribution in [-0.2, 0) is 11.3 Å². The van der Waals surface area contributed by atoms with Crippen molar-refractivity contribution in [2.45, 2.75) is 24.5 Å². The second-order valence-corrected chi connectivity index (χ2v) is 8.42. The lowest BCUT2D eigenvalue weighted by molar-refractivity contribution is -0.109. The summed E-state index contributed by atoms with van der Waals surface area (Å²) >= 11 is 0. The lowest BCUT2D eigenvalue weighted by Crippen LogP contribution is -2.39. The van der Waals surface area contributed by atoms with E-state index in [0.717, 1.165) is 46.7 Å². The summed E-state index contributed by atoms with van der Waals surface area (Å²) in [5.74, 6) is 0.797. The third-order valence-electron chi connectivity index (χ3n) is 6.47. The first-order valence-electron chi connectivity index (χ1n) is 11.1. The summed E-state index contributed by atoms with van der Waals surface area (Å²) in [5.41, 5.74) is 9.29. The van der Waals surface area contributed by atoms with Gasteiger partial charge in [-0.15, -0.1) is 0 Å². The van der Waals surface area contributed by atoms with Gasteiger partial charge in [-0.25, -0.2) is 4.98 Å². The van der Waals surface area contributed by atoms with Crippen molar-refractivity contribution >= 4 is 17.7 Å². The molecule has 6 nitrogen and oxygen atoms in total. The zero-order valence-corrected chi connectivity index (χ0v) is 17.9. The molecule has 33 heavy (non-hydrogen) atoms. The van der Waals surface area contributed by atoms with Crippen LogP contribution in [0.1, 0.15) is 46.1 Å². The number of aromatic nitrogens is 2. The van der Waals surface area contributed by atoms with Gasteiger partial charge in [0.2, 0.25) is 0 Å². The molecule has 6 rings (SSSR count). The predicted molar refractivity (Wildman–Crippen MR) is 128 cm³/mol. The number of hydrazone groups is 1. The van der Waals surface area contributed by atoms with Gasteiger partial charge in [-0.1, -0.05) is 72.8 Å². The molecule has 1 aromatic heterocycles. The molecule has 0 amide bonds. The Bertz CT molecular complexity index is 1330. The molecular weight excluding hydrogens is 410 g/mol. The second kappa shape index (κ2) is 8.06. The molecule has 162 valence electrons. The van der Waals surface area contributed by atoms with Gasteiger partial charge in [0.1, 0.15) is 18.2 Å². The standard InChI is InChI=1S/C27H23N5O/c33-17-22-20-12-7-13-21-23(20)26(31-30-22)24(25(29-21)19-10-5-2-6-11-19)27-28-14-15-32(27)16-18-8-3-1-4-9-18/h1-15,17,22,24-25,29-30H,16H2. The van der Waals surface area contributed by atoms with E-state index in [4.69, 9.17) is 10.1 Å². The quantitative estimate of drug-likeness (QED) is 0.457. The highest BCUT2D eigenvalue weighted by molar-refractivity contribution is 6.13. The zero-order chi connectivity index (χ0) is 22.2. The van der Waals surface area contributed by atoms with Crippen LogP contribution < -0.4 is 10.7 Å². The molecule has 3 aromatic carbocycles. The van der Waals surface area contributed by atoms with E-state index in [9.17, 15) is 4.79 Å². The van der Waals surface area contributed by atoms with Gasteiger partial charge in [0, 0.05) is 30.2 Å². The molecule has 0 fully saturated rings. The molecule has 2 N–H and O–H groups in total. The van der Waals surface area contributed by atoms with E-state index >= 15 is 0 Å². The molecule has 0 bridgehead atoms. The van der Waals surface area contributed by atoms with Gasteiger partial charge in [-0.3, -0.25) is 5.43 Å². The smallest absolute Gasteiger partial charge is 0.148 e. The fraction of sp³-hybridized carbons (Fsp3) is 0.148. The van der Waals surface area contributed by atoms with Gasteiger partial charge >= 0.3 is 0 Å². The number of aldehydes is 1. The van der Waals surface area contributed by atoms with E-state index in [1.807, 2.05) is 36.7 Å². The van der Waals surface area contributed by atoms with Crippen LogP contribution >= 0.6 is 0 Å². The maximum atomic E-state index is 11.7. The maximum Gasteiger partial charge on any atom is 0.148 e. The highest BCUT2D eigenvalue weighted by Gasteiger charge is 2.41. The van der Waals surface area contributed by atoms with Crippen molar-refractivity contribution in [3.63, 3.8) is 0 Å². The van der Waals surface area contributed by atoms with Gasteiger partial charge in [-0.2, -0.15) is 5.10 Å². The summed E-state index contributed by atoms with van der Waals surface area (Å²) in [4.78, 5) is 16.6. The summed E-state index contributed by atoms with van der Waals surface area (Å²) < 4.78 is 2.19. The van der Waals surface area contributed by atoms with Crippen molar-refractivity contribution in [3.05, 3.63) is 119 Å². The minimum Gasteiger partial charge on any atom is -0.377 e. The molecule has 0 radical (unpaired) electrons. The number of nitrogens with one attached hydrogen (secondary N) is 2. The van der Waals surface area contributed by atoms with Crippen molar-refractivity contribution < 1.29 is 4.79 Å². The van der Waals surface area contributed by atoms with E-state index in [-0.39, 0.29) is 12.0 Å². The number of anilines is 1. The molecule has 0 saturated heterocycles. The van der Waals surface area contributed by atoms with E-state index < -0.39 is 6.04 Å². The highest BCUT2D eigenvalue weighted by Crippen LogP contribution is 2.45. The average Bonchev–Trinajstić information content (AvgIpc) is 3.33. The van der Waals surface area contributed by atoms with Crippen LogP contribution in [0.2, 0.25) is 0 Å². The van der Waals surface area contributed by atoms with Crippen molar-refractivity contribution in [2.24, 2.45) is 5.10 Å². The number of imidazole rings is 1. The monoisotopic (exact) mass is 433 g/mol. The number of hydrogen-bond acceptors (Lipinski definition) is 5.